The Hall–Kier alpha value is -2.55. The maximum absolute atomic E-state index is 12.3. The normalized spacial score (nSPS) is 13.7. The molecule has 0 N–H and O–H groups in total. The zero-order valence-corrected chi connectivity index (χ0v) is 14.7. The third-order valence-electron chi connectivity index (χ3n) is 5.11. The molecule has 1 heterocycles. The summed E-state index contributed by atoms with van der Waals surface area (Å²) >= 11 is 0. The Kier molecular flexibility index (Phi) is 4.08. The number of aryl methyl sites for hydroxylation is 3. The van der Waals surface area contributed by atoms with Gasteiger partial charge in [-0.05, 0) is 62.8 Å². The van der Waals surface area contributed by atoms with Crippen LogP contribution in [0.15, 0.2) is 45.6 Å². The molecule has 0 fully saturated rings. The van der Waals surface area contributed by atoms with Gasteiger partial charge in [-0.15, -0.1) is 0 Å². The molecular weight excluding hydrogens is 312 g/mol. The van der Waals surface area contributed by atoms with E-state index in [1.807, 2.05) is 19.1 Å². The van der Waals surface area contributed by atoms with Crippen LogP contribution in [0.25, 0.3) is 11.0 Å². The Balaban J connectivity index is 1.70. The van der Waals surface area contributed by atoms with E-state index in [1.54, 1.807) is 0 Å². The highest BCUT2D eigenvalue weighted by molar-refractivity contribution is 5.86. The Morgan fingerprint density at radius 2 is 1.68 bits per heavy atom. The van der Waals surface area contributed by atoms with Gasteiger partial charge in [0.1, 0.15) is 17.9 Å². The Labute approximate surface area is 147 Å². The van der Waals surface area contributed by atoms with Gasteiger partial charge in [-0.1, -0.05) is 29.8 Å². The molecule has 0 spiro atoms. The Morgan fingerprint density at radius 1 is 0.960 bits per heavy atom. The topological polar surface area (TPSA) is 39.4 Å². The lowest BCUT2D eigenvalue weighted by Crippen LogP contribution is -2.16. The number of hydrogen-bond donors (Lipinski definition) is 0. The fourth-order valence-corrected chi connectivity index (χ4v) is 3.63. The minimum Gasteiger partial charge on any atom is -0.488 e. The summed E-state index contributed by atoms with van der Waals surface area (Å²) in [7, 11) is 0. The summed E-state index contributed by atoms with van der Waals surface area (Å²) in [5.41, 5.74) is 5.79. The lowest BCUT2D eigenvalue weighted by Gasteiger charge is -2.18. The molecule has 1 aliphatic carbocycles. The van der Waals surface area contributed by atoms with E-state index in [-0.39, 0.29) is 5.63 Å². The molecule has 2 aromatic carbocycles. The van der Waals surface area contributed by atoms with Crippen LogP contribution in [-0.2, 0) is 19.4 Å². The number of benzene rings is 2. The van der Waals surface area contributed by atoms with E-state index in [9.17, 15) is 4.79 Å². The molecule has 0 aliphatic heterocycles. The highest BCUT2D eigenvalue weighted by Crippen LogP contribution is 2.32. The lowest BCUT2D eigenvalue weighted by molar-refractivity contribution is 0.304. The van der Waals surface area contributed by atoms with Crippen molar-refractivity contribution in [2.45, 2.75) is 46.1 Å². The standard InChI is InChI=1S/C22H22O3/c1-14-7-9-16(10-8-14)13-24-20-12-11-18-17-5-3-4-6-19(17)22(23)25-21(18)15(20)2/h7-12H,3-6,13H2,1-2H3. The van der Waals surface area contributed by atoms with E-state index in [0.29, 0.717) is 12.2 Å². The van der Waals surface area contributed by atoms with Gasteiger partial charge >= 0.3 is 5.63 Å². The second-order valence-corrected chi connectivity index (χ2v) is 6.89. The van der Waals surface area contributed by atoms with Crippen LogP contribution >= 0.6 is 0 Å². The average Bonchev–Trinajstić information content (AvgIpc) is 2.63. The smallest absolute Gasteiger partial charge is 0.339 e. The van der Waals surface area contributed by atoms with Crippen molar-refractivity contribution in [2.75, 3.05) is 0 Å². The third-order valence-corrected chi connectivity index (χ3v) is 5.11. The van der Waals surface area contributed by atoms with Crippen LogP contribution in [0.4, 0.5) is 0 Å². The van der Waals surface area contributed by atoms with Crippen LogP contribution in [0.1, 0.15) is 40.7 Å². The number of fused-ring (bicyclic) bond motifs is 3. The zero-order chi connectivity index (χ0) is 17.4. The number of ether oxygens (including phenoxy) is 1. The molecule has 128 valence electrons. The van der Waals surface area contributed by atoms with Crippen LogP contribution < -0.4 is 10.4 Å². The summed E-state index contributed by atoms with van der Waals surface area (Å²) in [5, 5.41) is 1.06. The van der Waals surface area contributed by atoms with E-state index < -0.39 is 0 Å². The maximum Gasteiger partial charge on any atom is 0.339 e. The van der Waals surface area contributed by atoms with E-state index in [1.165, 1.54) is 11.1 Å². The maximum atomic E-state index is 12.3. The summed E-state index contributed by atoms with van der Waals surface area (Å²) in [5.74, 6) is 0.770. The van der Waals surface area contributed by atoms with Crippen LogP contribution in [-0.4, -0.2) is 0 Å². The lowest BCUT2D eigenvalue weighted by atomic mass is 9.90. The largest absolute Gasteiger partial charge is 0.488 e. The molecule has 0 amide bonds. The van der Waals surface area contributed by atoms with Gasteiger partial charge in [-0.2, -0.15) is 0 Å². The van der Waals surface area contributed by atoms with E-state index in [0.717, 1.165) is 53.5 Å². The van der Waals surface area contributed by atoms with Gasteiger partial charge in [-0.3, -0.25) is 0 Å². The van der Waals surface area contributed by atoms with Gasteiger partial charge in [0.05, 0.1) is 0 Å². The first-order valence-corrected chi connectivity index (χ1v) is 8.90. The summed E-state index contributed by atoms with van der Waals surface area (Å²) in [6, 6.07) is 12.3. The molecule has 3 heteroatoms. The molecular formula is C22H22O3. The van der Waals surface area contributed by atoms with Crippen LogP contribution in [0, 0.1) is 13.8 Å². The van der Waals surface area contributed by atoms with Crippen molar-refractivity contribution in [3.63, 3.8) is 0 Å². The van der Waals surface area contributed by atoms with Crippen molar-refractivity contribution in [3.05, 3.63) is 74.6 Å². The molecule has 4 rings (SSSR count). The predicted octanol–water partition coefficient (Wildman–Crippen LogP) is 4.87. The molecule has 0 saturated heterocycles. The Bertz CT molecular complexity index is 981. The summed E-state index contributed by atoms with van der Waals surface area (Å²) in [4.78, 5) is 12.3. The molecule has 3 nitrogen and oxygen atoms in total. The molecule has 1 aromatic heterocycles. The van der Waals surface area contributed by atoms with Crippen molar-refractivity contribution in [1.82, 2.24) is 0 Å². The third kappa shape index (κ3) is 2.95. The second-order valence-electron chi connectivity index (χ2n) is 6.89. The first-order valence-electron chi connectivity index (χ1n) is 8.90. The predicted molar refractivity (Wildman–Crippen MR) is 99.4 cm³/mol. The van der Waals surface area contributed by atoms with E-state index in [4.69, 9.17) is 9.15 Å². The second kappa shape index (κ2) is 6.40. The van der Waals surface area contributed by atoms with E-state index >= 15 is 0 Å². The van der Waals surface area contributed by atoms with Crippen LogP contribution in [0.2, 0.25) is 0 Å². The molecule has 3 aromatic rings. The van der Waals surface area contributed by atoms with Crippen molar-refractivity contribution >= 4 is 11.0 Å². The van der Waals surface area contributed by atoms with Gasteiger partial charge in [-0.25, -0.2) is 4.79 Å². The van der Waals surface area contributed by atoms with Crippen LogP contribution in [0.5, 0.6) is 5.75 Å². The Morgan fingerprint density at radius 3 is 2.44 bits per heavy atom. The van der Waals surface area contributed by atoms with Gasteiger partial charge in [0.15, 0.2) is 0 Å². The van der Waals surface area contributed by atoms with Crippen molar-refractivity contribution < 1.29 is 9.15 Å². The van der Waals surface area contributed by atoms with Gasteiger partial charge in [0.2, 0.25) is 0 Å². The zero-order valence-electron chi connectivity index (χ0n) is 14.7. The minimum atomic E-state index is -0.180. The van der Waals surface area contributed by atoms with Crippen molar-refractivity contribution in [3.8, 4) is 5.75 Å². The first-order chi connectivity index (χ1) is 12.1. The summed E-state index contributed by atoms with van der Waals surface area (Å²) in [6.45, 7) is 4.54. The van der Waals surface area contributed by atoms with Gasteiger partial charge in [0.25, 0.3) is 0 Å². The van der Waals surface area contributed by atoms with Crippen molar-refractivity contribution in [2.24, 2.45) is 0 Å². The van der Waals surface area contributed by atoms with Gasteiger partial charge < -0.3 is 9.15 Å². The molecule has 0 radical (unpaired) electrons. The quantitative estimate of drug-likeness (QED) is 0.642. The highest BCUT2D eigenvalue weighted by Gasteiger charge is 2.20. The number of hydrogen-bond acceptors (Lipinski definition) is 3. The summed E-state index contributed by atoms with van der Waals surface area (Å²) in [6.07, 6.45) is 4.00. The first kappa shape index (κ1) is 15.9. The molecule has 25 heavy (non-hydrogen) atoms. The van der Waals surface area contributed by atoms with Crippen LogP contribution in [0.3, 0.4) is 0 Å². The fraction of sp³-hybridized carbons (Fsp3) is 0.318. The molecule has 0 saturated carbocycles. The summed E-state index contributed by atoms with van der Waals surface area (Å²) < 4.78 is 11.7. The minimum absolute atomic E-state index is 0.180. The fourth-order valence-electron chi connectivity index (χ4n) is 3.63. The number of rotatable bonds is 3. The SMILES string of the molecule is Cc1ccc(COc2ccc3c4c(c(=O)oc3c2C)CCCC4)cc1. The molecule has 0 bridgehead atoms. The monoisotopic (exact) mass is 334 g/mol. The highest BCUT2D eigenvalue weighted by atomic mass is 16.5. The van der Waals surface area contributed by atoms with E-state index in [2.05, 4.69) is 31.2 Å². The molecule has 1 aliphatic rings. The molecule has 0 atom stereocenters. The molecule has 0 unspecified atom stereocenters. The van der Waals surface area contributed by atoms with Gasteiger partial charge in [0, 0.05) is 16.5 Å². The average molecular weight is 334 g/mol. The van der Waals surface area contributed by atoms with Crippen molar-refractivity contribution in [1.29, 1.82) is 0 Å².